The van der Waals surface area contributed by atoms with Gasteiger partial charge in [0.05, 0.1) is 0 Å². The first-order valence-corrected chi connectivity index (χ1v) is 4.52. The van der Waals surface area contributed by atoms with Crippen molar-refractivity contribution in [3.63, 3.8) is 0 Å². The molecule has 13 heavy (non-hydrogen) atoms. The molecule has 68 valence electrons. The smallest absolute Gasteiger partial charge is 0.152 e. The maximum absolute atomic E-state index is 13.0. The summed E-state index contributed by atoms with van der Waals surface area (Å²) >= 11 is 3.22. The van der Waals surface area contributed by atoms with Crippen LogP contribution in [0.5, 0.6) is 0 Å². The summed E-state index contributed by atoms with van der Waals surface area (Å²) in [5.74, 6) is -0.430. The van der Waals surface area contributed by atoms with Gasteiger partial charge in [-0.15, -0.1) is 0 Å². The van der Waals surface area contributed by atoms with Crippen LogP contribution in [-0.4, -0.2) is 5.78 Å². The normalized spacial score (nSPS) is 10.7. The van der Waals surface area contributed by atoms with Crippen molar-refractivity contribution in [3.05, 3.63) is 40.1 Å². The molecule has 0 amide bonds. The van der Waals surface area contributed by atoms with Gasteiger partial charge in [-0.1, -0.05) is 15.9 Å². The van der Waals surface area contributed by atoms with Crippen molar-refractivity contribution in [2.45, 2.75) is 6.92 Å². The summed E-state index contributed by atoms with van der Waals surface area (Å²) in [6, 6.07) is 4.58. The quantitative estimate of drug-likeness (QED) is 0.729. The summed E-state index contributed by atoms with van der Waals surface area (Å²) in [7, 11) is 0. The van der Waals surface area contributed by atoms with E-state index in [0.29, 0.717) is 5.56 Å². The summed E-state index contributed by atoms with van der Waals surface area (Å²) in [6.45, 7) is 1.42. The van der Waals surface area contributed by atoms with E-state index in [1.807, 2.05) is 0 Å². The first kappa shape index (κ1) is 10.1. The second-order valence-corrected chi connectivity index (χ2v) is 3.53. The first-order chi connectivity index (χ1) is 6.09. The SMILES string of the molecule is CC(=O)C=Cc1cc(Br)ccc1F. The van der Waals surface area contributed by atoms with E-state index in [4.69, 9.17) is 0 Å². The molecular weight excluding hydrogens is 235 g/mol. The number of halogens is 2. The van der Waals surface area contributed by atoms with Gasteiger partial charge in [0, 0.05) is 10.0 Å². The zero-order valence-corrected chi connectivity index (χ0v) is 8.64. The minimum atomic E-state index is -0.333. The van der Waals surface area contributed by atoms with Crippen molar-refractivity contribution < 1.29 is 9.18 Å². The highest BCUT2D eigenvalue weighted by Gasteiger charge is 1.98. The minimum Gasteiger partial charge on any atom is -0.295 e. The number of rotatable bonds is 2. The summed E-state index contributed by atoms with van der Waals surface area (Å²) in [5.41, 5.74) is 0.407. The molecule has 1 aromatic carbocycles. The van der Waals surface area contributed by atoms with Crippen molar-refractivity contribution >= 4 is 27.8 Å². The summed E-state index contributed by atoms with van der Waals surface area (Å²) < 4.78 is 13.8. The van der Waals surface area contributed by atoms with Crippen LogP contribution in [0.2, 0.25) is 0 Å². The highest BCUT2D eigenvalue weighted by Crippen LogP contribution is 2.16. The molecule has 3 heteroatoms. The summed E-state index contributed by atoms with van der Waals surface area (Å²) in [5, 5.41) is 0. The predicted octanol–water partition coefficient (Wildman–Crippen LogP) is 3.19. The standard InChI is InChI=1S/C10H8BrFO/c1-7(13)2-3-8-6-9(11)4-5-10(8)12/h2-6H,1H3. The van der Waals surface area contributed by atoms with Gasteiger partial charge in [-0.2, -0.15) is 0 Å². The Bertz CT molecular complexity index is 358. The summed E-state index contributed by atoms with van der Waals surface area (Å²) in [4.78, 5) is 10.6. The molecule has 0 aliphatic carbocycles. The Labute approximate surface area is 84.4 Å². The van der Waals surface area contributed by atoms with Crippen LogP contribution in [0, 0.1) is 5.82 Å². The van der Waals surface area contributed by atoms with Gasteiger partial charge in [0.1, 0.15) is 5.82 Å². The van der Waals surface area contributed by atoms with Crippen LogP contribution >= 0.6 is 15.9 Å². The minimum absolute atomic E-state index is 0.0978. The first-order valence-electron chi connectivity index (χ1n) is 3.73. The second-order valence-electron chi connectivity index (χ2n) is 2.61. The van der Waals surface area contributed by atoms with E-state index in [1.165, 1.54) is 25.1 Å². The molecule has 0 aromatic heterocycles. The number of ketones is 1. The van der Waals surface area contributed by atoms with Crippen LogP contribution in [0.25, 0.3) is 6.08 Å². The van der Waals surface area contributed by atoms with Crippen LogP contribution < -0.4 is 0 Å². The van der Waals surface area contributed by atoms with E-state index >= 15 is 0 Å². The monoisotopic (exact) mass is 242 g/mol. The average molecular weight is 243 g/mol. The molecule has 1 nitrogen and oxygen atoms in total. The maximum Gasteiger partial charge on any atom is 0.152 e. The van der Waals surface area contributed by atoms with Gasteiger partial charge in [0.2, 0.25) is 0 Å². The van der Waals surface area contributed by atoms with E-state index in [9.17, 15) is 9.18 Å². The Morgan fingerprint density at radius 2 is 2.23 bits per heavy atom. The van der Waals surface area contributed by atoms with Gasteiger partial charge in [0.25, 0.3) is 0 Å². The number of carbonyl (C=O) groups is 1. The predicted molar refractivity (Wildman–Crippen MR) is 53.8 cm³/mol. The molecule has 1 aromatic rings. The Morgan fingerprint density at radius 3 is 2.85 bits per heavy atom. The van der Waals surface area contributed by atoms with Crippen LogP contribution in [0.15, 0.2) is 28.7 Å². The highest BCUT2D eigenvalue weighted by atomic mass is 79.9. The van der Waals surface area contributed by atoms with E-state index in [-0.39, 0.29) is 11.6 Å². The Balaban J connectivity index is 3.00. The fraction of sp³-hybridized carbons (Fsp3) is 0.100. The largest absolute Gasteiger partial charge is 0.295 e. The van der Waals surface area contributed by atoms with Gasteiger partial charge >= 0.3 is 0 Å². The van der Waals surface area contributed by atoms with Crippen LogP contribution in [0.1, 0.15) is 12.5 Å². The lowest BCUT2D eigenvalue weighted by Gasteiger charge is -1.96. The van der Waals surface area contributed by atoms with Gasteiger partial charge in [0.15, 0.2) is 5.78 Å². The molecule has 0 unspecified atom stereocenters. The molecule has 0 bridgehead atoms. The lowest BCUT2D eigenvalue weighted by Crippen LogP contribution is -1.84. The average Bonchev–Trinajstić information content (AvgIpc) is 2.06. The van der Waals surface area contributed by atoms with E-state index in [0.717, 1.165) is 4.47 Å². The molecular formula is C10H8BrFO. The molecule has 0 saturated carbocycles. The van der Waals surface area contributed by atoms with E-state index in [2.05, 4.69) is 15.9 Å². The molecule has 0 saturated heterocycles. The fourth-order valence-electron chi connectivity index (χ4n) is 0.849. The van der Waals surface area contributed by atoms with E-state index in [1.54, 1.807) is 12.1 Å². The number of hydrogen-bond donors (Lipinski definition) is 0. The Morgan fingerprint density at radius 1 is 1.54 bits per heavy atom. The topological polar surface area (TPSA) is 17.1 Å². The van der Waals surface area contributed by atoms with Crippen molar-refractivity contribution in [1.82, 2.24) is 0 Å². The van der Waals surface area contributed by atoms with Gasteiger partial charge in [-0.3, -0.25) is 4.79 Å². The van der Waals surface area contributed by atoms with Gasteiger partial charge in [-0.25, -0.2) is 4.39 Å². The third kappa shape index (κ3) is 3.11. The Hall–Kier alpha value is -0.960. The van der Waals surface area contributed by atoms with Gasteiger partial charge < -0.3 is 0 Å². The van der Waals surface area contributed by atoms with Crippen molar-refractivity contribution in [1.29, 1.82) is 0 Å². The Kier molecular flexibility index (Phi) is 3.37. The third-order valence-corrected chi connectivity index (χ3v) is 1.95. The van der Waals surface area contributed by atoms with Crippen molar-refractivity contribution in [2.75, 3.05) is 0 Å². The van der Waals surface area contributed by atoms with Crippen molar-refractivity contribution in [2.24, 2.45) is 0 Å². The van der Waals surface area contributed by atoms with E-state index < -0.39 is 0 Å². The molecule has 1 rings (SSSR count). The summed E-state index contributed by atoms with van der Waals surface area (Å²) in [6.07, 6.45) is 2.80. The number of allylic oxidation sites excluding steroid dienone is 1. The third-order valence-electron chi connectivity index (χ3n) is 1.46. The fourth-order valence-corrected chi connectivity index (χ4v) is 1.23. The number of carbonyl (C=O) groups excluding carboxylic acids is 1. The molecule has 0 spiro atoms. The van der Waals surface area contributed by atoms with Crippen LogP contribution in [-0.2, 0) is 4.79 Å². The van der Waals surface area contributed by atoms with Crippen LogP contribution in [0.3, 0.4) is 0 Å². The zero-order valence-electron chi connectivity index (χ0n) is 7.05. The van der Waals surface area contributed by atoms with Crippen LogP contribution in [0.4, 0.5) is 4.39 Å². The van der Waals surface area contributed by atoms with Gasteiger partial charge in [-0.05, 0) is 37.3 Å². The lowest BCUT2D eigenvalue weighted by atomic mass is 10.2. The number of benzene rings is 1. The lowest BCUT2D eigenvalue weighted by molar-refractivity contribution is -0.112. The number of hydrogen-bond acceptors (Lipinski definition) is 1. The second kappa shape index (κ2) is 4.33. The molecule has 0 aliphatic heterocycles. The highest BCUT2D eigenvalue weighted by molar-refractivity contribution is 9.10. The molecule has 0 atom stereocenters. The molecule has 0 fully saturated rings. The zero-order chi connectivity index (χ0) is 9.84. The molecule has 0 aliphatic rings. The molecule has 0 N–H and O–H groups in total. The molecule has 0 radical (unpaired) electrons. The van der Waals surface area contributed by atoms with Crippen molar-refractivity contribution in [3.8, 4) is 0 Å². The maximum atomic E-state index is 13.0. The molecule has 0 heterocycles.